The molecule has 1 aromatic rings. The van der Waals surface area contributed by atoms with Crippen molar-refractivity contribution >= 4 is 23.7 Å². The van der Waals surface area contributed by atoms with Gasteiger partial charge in [-0.05, 0) is 18.9 Å². The molecule has 2 aliphatic rings. The fourth-order valence-electron chi connectivity index (χ4n) is 3.28. The number of aromatic nitrogens is 2. The van der Waals surface area contributed by atoms with E-state index in [0.717, 1.165) is 50.9 Å². The lowest BCUT2D eigenvalue weighted by Crippen LogP contribution is -2.52. The molecule has 0 radical (unpaired) electrons. The van der Waals surface area contributed by atoms with E-state index >= 15 is 0 Å². The van der Waals surface area contributed by atoms with Crippen molar-refractivity contribution in [3.05, 3.63) is 18.5 Å². The second-order valence-electron chi connectivity index (χ2n) is 6.43. The van der Waals surface area contributed by atoms with Gasteiger partial charge in [0.25, 0.3) is 0 Å². The first-order valence-electron chi connectivity index (χ1n) is 9.14. The molecule has 2 aliphatic heterocycles. The molecule has 138 valence electrons. The first kappa shape index (κ1) is 18.3. The van der Waals surface area contributed by atoms with Gasteiger partial charge in [0.15, 0.2) is 5.96 Å². The van der Waals surface area contributed by atoms with Gasteiger partial charge in [0, 0.05) is 76.3 Å². The molecule has 3 rings (SSSR count). The monoisotopic (exact) mass is 363 g/mol. The van der Waals surface area contributed by atoms with Gasteiger partial charge in [-0.15, -0.1) is 0 Å². The van der Waals surface area contributed by atoms with Crippen molar-refractivity contribution in [3.63, 3.8) is 0 Å². The van der Waals surface area contributed by atoms with Crippen molar-refractivity contribution < 1.29 is 0 Å². The molecular weight excluding hydrogens is 334 g/mol. The highest BCUT2D eigenvalue weighted by Gasteiger charge is 2.22. The van der Waals surface area contributed by atoms with Crippen molar-refractivity contribution in [2.24, 2.45) is 4.99 Å². The first-order valence-corrected chi connectivity index (χ1v) is 10.3. The molecule has 1 aromatic heterocycles. The van der Waals surface area contributed by atoms with Crippen LogP contribution in [0.2, 0.25) is 0 Å². The molecule has 0 bridgehead atoms. The Bertz CT molecular complexity index is 533. The van der Waals surface area contributed by atoms with E-state index in [1.54, 1.807) is 12.4 Å². The number of hydrogen-bond donors (Lipinski definition) is 2. The number of piperidine rings is 1. The van der Waals surface area contributed by atoms with E-state index in [2.05, 4.69) is 47.2 Å². The molecule has 2 saturated heterocycles. The molecule has 0 aliphatic carbocycles. The van der Waals surface area contributed by atoms with Crippen LogP contribution in [-0.4, -0.2) is 84.7 Å². The molecule has 0 aromatic carbocycles. The molecule has 3 heterocycles. The summed E-state index contributed by atoms with van der Waals surface area (Å²) >= 11 is 2.05. The molecule has 1 atom stereocenters. The van der Waals surface area contributed by atoms with Gasteiger partial charge < -0.3 is 15.5 Å². The molecule has 2 N–H and O–H groups in total. The lowest BCUT2D eigenvalue weighted by atomic mass is 10.1. The molecule has 7 nitrogen and oxygen atoms in total. The highest BCUT2D eigenvalue weighted by Crippen LogP contribution is 2.15. The molecule has 2 fully saturated rings. The quantitative estimate of drug-likeness (QED) is 0.588. The van der Waals surface area contributed by atoms with Gasteiger partial charge in [-0.3, -0.25) is 9.89 Å². The number of guanidine groups is 1. The van der Waals surface area contributed by atoms with Crippen LogP contribution < -0.4 is 15.5 Å². The van der Waals surface area contributed by atoms with Gasteiger partial charge in [0.05, 0.1) is 0 Å². The summed E-state index contributed by atoms with van der Waals surface area (Å²) in [7, 11) is 1.84. The van der Waals surface area contributed by atoms with Gasteiger partial charge in [-0.1, -0.05) is 0 Å². The van der Waals surface area contributed by atoms with E-state index in [1.807, 2.05) is 13.1 Å². The van der Waals surface area contributed by atoms with E-state index in [0.29, 0.717) is 6.04 Å². The summed E-state index contributed by atoms with van der Waals surface area (Å²) in [6, 6.07) is 2.23. The van der Waals surface area contributed by atoms with Crippen LogP contribution in [0.25, 0.3) is 0 Å². The Hall–Kier alpha value is -1.54. The summed E-state index contributed by atoms with van der Waals surface area (Å²) in [5.41, 5.74) is 0. The number of nitrogens with zero attached hydrogens (tertiary/aromatic N) is 5. The molecule has 25 heavy (non-hydrogen) atoms. The summed E-state index contributed by atoms with van der Waals surface area (Å²) < 4.78 is 0. The van der Waals surface area contributed by atoms with Crippen LogP contribution in [0.5, 0.6) is 0 Å². The lowest BCUT2D eigenvalue weighted by Gasteiger charge is -2.34. The normalized spacial score (nSPS) is 22.7. The zero-order valence-electron chi connectivity index (χ0n) is 15.0. The minimum atomic E-state index is 0.371. The maximum atomic E-state index is 4.38. The molecule has 1 unspecified atom stereocenters. The number of aliphatic imine (C=N–C) groups is 1. The van der Waals surface area contributed by atoms with Crippen LogP contribution in [0, 0.1) is 0 Å². The number of rotatable bonds is 5. The Morgan fingerprint density at radius 1 is 1.28 bits per heavy atom. The maximum Gasteiger partial charge on any atom is 0.225 e. The van der Waals surface area contributed by atoms with Crippen molar-refractivity contribution in [1.82, 2.24) is 25.5 Å². The van der Waals surface area contributed by atoms with E-state index in [1.165, 1.54) is 24.6 Å². The standard InChI is InChI=1S/C17H29N7S/c1-18-16(19-7-9-23-10-12-25-13-11-23)22-15-4-2-8-24(14-15)17-20-5-3-6-21-17/h3,5-6,15H,2,4,7-14H2,1H3,(H2,18,19,22). The van der Waals surface area contributed by atoms with Gasteiger partial charge in [0.1, 0.15) is 0 Å². The highest BCUT2D eigenvalue weighted by molar-refractivity contribution is 7.99. The van der Waals surface area contributed by atoms with Crippen molar-refractivity contribution in [2.75, 3.05) is 62.7 Å². The zero-order valence-corrected chi connectivity index (χ0v) is 15.8. The Kier molecular flexibility index (Phi) is 7.17. The second kappa shape index (κ2) is 9.82. The minimum absolute atomic E-state index is 0.371. The van der Waals surface area contributed by atoms with Crippen LogP contribution in [0.3, 0.4) is 0 Å². The lowest BCUT2D eigenvalue weighted by molar-refractivity contribution is 0.306. The SMILES string of the molecule is CN=C(NCCN1CCSCC1)NC1CCCN(c2ncccn2)C1. The van der Waals surface area contributed by atoms with Gasteiger partial charge in [0.2, 0.25) is 5.95 Å². The molecule has 8 heteroatoms. The van der Waals surface area contributed by atoms with E-state index in [4.69, 9.17) is 0 Å². The summed E-state index contributed by atoms with van der Waals surface area (Å²) in [6.07, 6.45) is 5.89. The Labute approximate surface area is 154 Å². The predicted octanol–water partition coefficient (Wildman–Crippen LogP) is 0.659. The third kappa shape index (κ3) is 5.74. The highest BCUT2D eigenvalue weighted by atomic mass is 32.2. The second-order valence-corrected chi connectivity index (χ2v) is 7.66. The predicted molar refractivity (Wildman–Crippen MR) is 106 cm³/mol. The summed E-state index contributed by atoms with van der Waals surface area (Å²) in [6.45, 7) is 6.34. The average Bonchev–Trinajstić information content (AvgIpc) is 2.69. The van der Waals surface area contributed by atoms with Gasteiger partial charge in [-0.2, -0.15) is 11.8 Å². The fraction of sp³-hybridized carbons (Fsp3) is 0.706. The minimum Gasteiger partial charge on any atom is -0.355 e. The van der Waals surface area contributed by atoms with Crippen molar-refractivity contribution in [2.45, 2.75) is 18.9 Å². The number of anilines is 1. The van der Waals surface area contributed by atoms with E-state index in [9.17, 15) is 0 Å². The van der Waals surface area contributed by atoms with Gasteiger partial charge in [-0.25, -0.2) is 9.97 Å². The number of hydrogen-bond acceptors (Lipinski definition) is 6. The number of nitrogens with one attached hydrogen (secondary N) is 2. The maximum absolute atomic E-state index is 4.38. The summed E-state index contributed by atoms with van der Waals surface area (Å²) in [5, 5.41) is 7.02. The van der Waals surface area contributed by atoms with Crippen LogP contribution in [-0.2, 0) is 0 Å². The van der Waals surface area contributed by atoms with Crippen LogP contribution in [0.4, 0.5) is 5.95 Å². The van der Waals surface area contributed by atoms with E-state index < -0.39 is 0 Å². The van der Waals surface area contributed by atoms with Crippen molar-refractivity contribution in [1.29, 1.82) is 0 Å². The Balaban J connectivity index is 1.43. The Morgan fingerprint density at radius 3 is 2.84 bits per heavy atom. The summed E-state index contributed by atoms with van der Waals surface area (Å²) in [5.74, 6) is 4.23. The van der Waals surface area contributed by atoms with Crippen molar-refractivity contribution in [3.8, 4) is 0 Å². The number of thioether (sulfide) groups is 1. The summed E-state index contributed by atoms with van der Waals surface area (Å²) in [4.78, 5) is 17.9. The topological polar surface area (TPSA) is 68.7 Å². The zero-order chi connectivity index (χ0) is 17.3. The van der Waals surface area contributed by atoms with Crippen LogP contribution in [0.15, 0.2) is 23.5 Å². The van der Waals surface area contributed by atoms with Gasteiger partial charge >= 0.3 is 0 Å². The molecule has 0 spiro atoms. The molecule has 0 saturated carbocycles. The Morgan fingerprint density at radius 2 is 2.08 bits per heavy atom. The largest absolute Gasteiger partial charge is 0.355 e. The average molecular weight is 364 g/mol. The molecule has 0 amide bonds. The fourth-order valence-corrected chi connectivity index (χ4v) is 4.26. The van der Waals surface area contributed by atoms with Crippen LogP contribution >= 0.6 is 11.8 Å². The van der Waals surface area contributed by atoms with E-state index in [-0.39, 0.29) is 0 Å². The first-order chi connectivity index (χ1) is 12.3. The molecular formula is C17H29N7S. The third-order valence-corrected chi connectivity index (χ3v) is 5.59. The third-order valence-electron chi connectivity index (χ3n) is 4.65. The van der Waals surface area contributed by atoms with Crippen LogP contribution in [0.1, 0.15) is 12.8 Å². The smallest absolute Gasteiger partial charge is 0.225 e.